The van der Waals surface area contributed by atoms with E-state index in [1.54, 1.807) is 24.2 Å². The van der Waals surface area contributed by atoms with Crippen LogP contribution in [-0.2, 0) is 0 Å². The molecule has 1 unspecified atom stereocenters. The van der Waals surface area contributed by atoms with Crippen molar-refractivity contribution in [2.75, 3.05) is 24.2 Å². The predicted octanol–water partition coefficient (Wildman–Crippen LogP) is 4.78. The summed E-state index contributed by atoms with van der Waals surface area (Å²) in [7, 11) is 1.71. The minimum Gasteiger partial charge on any atom is -0.383 e. The fraction of sp³-hybridized carbons (Fsp3) is 0.292. The van der Waals surface area contributed by atoms with E-state index in [0.29, 0.717) is 50.8 Å². The second kappa shape index (κ2) is 9.33. The van der Waals surface area contributed by atoms with Crippen molar-refractivity contribution < 1.29 is 5.76 Å². The molecule has 2 aromatic carbocycles. The Bertz CT molecular complexity index is 1330. The average molecular weight is 482 g/mol. The third-order valence-corrected chi connectivity index (χ3v) is 5.45. The number of nitrogens with one attached hydrogen (secondary N) is 4. The van der Waals surface area contributed by atoms with Crippen molar-refractivity contribution in [3.05, 3.63) is 64.6 Å². The number of benzene rings is 2. The van der Waals surface area contributed by atoms with Gasteiger partial charge in [0.05, 0.1) is 23.2 Å². The Labute approximate surface area is 204 Å². The number of hydrogen-bond donors (Lipinski definition) is 4. The summed E-state index contributed by atoms with van der Waals surface area (Å²) >= 11 is 6.61. The first kappa shape index (κ1) is 22.2. The minimum absolute atomic E-state index is 0.0356. The van der Waals surface area contributed by atoms with Gasteiger partial charge < -0.3 is 10.6 Å². The number of nitriles is 1. The summed E-state index contributed by atoms with van der Waals surface area (Å²) in [5.74, 6) is -0.109. The minimum atomic E-state index is -1.62. The van der Waals surface area contributed by atoms with Gasteiger partial charge in [-0.25, -0.2) is 9.93 Å². The molecule has 0 saturated heterocycles. The van der Waals surface area contributed by atoms with Crippen LogP contribution in [0, 0.1) is 22.6 Å². The number of likely N-dealkylation sites (N-methyl/N-ethyl adjacent to an activating group) is 1. The average Bonchev–Trinajstić information content (AvgIpc) is 3.23. The first-order chi connectivity index (χ1) is 16.5. The Kier molecular flexibility index (Phi) is 6.09. The second-order valence-corrected chi connectivity index (χ2v) is 9.56. The van der Waals surface area contributed by atoms with Crippen molar-refractivity contribution in [2.45, 2.75) is 26.8 Å². The maximum Gasteiger partial charge on any atom is 0.169 e. The molecule has 0 radical (unpaired) electrons. The van der Waals surface area contributed by atoms with Crippen LogP contribution in [0.4, 0.5) is 15.8 Å². The van der Waals surface area contributed by atoms with Gasteiger partial charge in [0.2, 0.25) is 0 Å². The summed E-state index contributed by atoms with van der Waals surface area (Å²) in [6, 6.07) is 9.67. The van der Waals surface area contributed by atoms with Gasteiger partial charge >= 0.3 is 0 Å². The molecule has 2 heterocycles. The lowest BCUT2D eigenvalue weighted by molar-refractivity contribution is 0.343. The predicted molar refractivity (Wildman–Crippen MR) is 134 cm³/mol. The number of anilines is 2. The van der Waals surface area contributed by atoms with Gasteiger partial charge in [-0.15, -0.1) is 10.6 Å². The van der Waals surface area contributed by atoms with E-state index >= 15 is 0 Å². The summed E-state index contributed by atoms with van der Waals surface area (Å²) in [5, 5.41) is 23.0. The molecule has 34 heavy (non-hydrogen) atoms. The van der Waals surface area contributed by atoms with Gasteiger partial charge in [-0.1, -0.05) is 44.5 Å². The fourth-order valence-electron chi connectivity index (χ4n) is 3.48. The number of pyridine rings is 1. The SMILES string of the molecule is [2H]C(Nc1cc(Cl)c2ncc(C#N)c(NCC(C)(C)C)c2c1)(C1=NNNN1C)c1ccc(F)cc1. The Morgan fingerprint density at radius 3 is 2.65 bits per heavy atom. The summed E-state index contributed by atoms with van der Waals surface area (Å²) in [4.78, 5) is 4.39. The van der Waals surface area contributed by atoms with Gasteiger partial charge in [0.25, 0.3) is 0 Å². The van der Waals surface area contributed by atoms with E-state index in [1.807, 2.05) is 0 Å². The van der Waals surface area contributed by atoms with Crippen LogP contribution in [0.2, 0.25) is 5.02 Å². The summed E-state index contributed by atoms with van der Waals surface area (Å²) in [5.41, 5.74) is 7.90. The van der Waals surface area contributed by atoms with Crippen LogP contribution in [0.15, 0.2) is 47.7 Å². The Hall–Kier alpha value is -3.61. The van der Waals surface area contributed by atoms with Gasteiger partial charge in [-0.05, 0) is 35.2 Å². The summed E-state index contributed by atoms with van der Waals surface area (Å²) in [6.45, 7) is 6.89. The Morgan fingerprint density at radius 1 is 1.29 bits per heavy atom. The van der Waals surface area contributed by atoms with Crippen molar-refractivity contribution in [2.24, 2.45) is 10.5 Å². The molecule has 1 aliphatic rings. The van der Waals surface area contributed by atoms with Crippen LogP contribution in [0.5, 0.6) is 0 Å². The molecule has 1 aromatic heterocycles. The van der Waals surface area contributed by atoms with Crippen molar-refractivity contribution in [1.29, 1.82) is 5.26 Å². The zero-order valence-corrected chi connectivity index (χ0v) is 20.0. The highest BCUT2D eigenvalue weighted by molar-refractivity contribution is 6.35. The quantitative estimate of drug-likeness (QED) is 0.402. The molecule has 8 nitrogen and oxygen atoms in total. The monoisotopic (exact) mass is 481 g/mol. The van der Waals surface area contributed by atoms with E-state index in [0.717, 1.165) is 0 Å². The summed E-state index contributed by atoms with van der Waals surface area (Å²) < 4.78 is 23.0. The van der Waals surface area contributed by atoms with Gasteiger partial charge in [-0.2, -0.15) is 5.26 Å². The number of amidine groups is 1. The highest BCUT2D eigenvalue weighted by Gasteiger charge is 2.26. The Balaban J connectivity index is 1.84. The Morgan fingerprint density at radius 2 is 2.03 bits per heavy atom. The smallest absolute Gasteiger partial charge is 0.169 e. The van der Waals surface area contributed by atoms with E-state index in [2.05, 4.69) is 58.6 Å². The van der Waals surface area contributed by atoms with Crippen LogP contribution in [0.25, 0.3) is 10.9 Å². The molecule has 3 aromatic rings. The normalized spacial score (nSPS) is 15.7. The van der Waals surface area contributed by atoms with E-state index in [1.165, 1.54) is 30.5 Å². The first-order valence-electron chi connectivity index (χ1n) is 11.1. The molecule has 0 spiro atoms. The molecule has 1 atom stereocenters. The molecule has 4 rings (SSSR count). The number of rotatable bonds is 6. The molecule has 176 valence electrons. The van der Waals surface area contributed by atoms with E-state index in [-0.39, 0.29) is 5.41 Å². The van der Waals surface area contributed by atoms with Crippen molar-refractivity contribution in [3.8, 4) is 6.07 Å². The molecule has 0 aliphatic carbocycles. The lowest BCUT2D eigenvalue weighted by atomic mass is 9.96. The molecule has 1 aliphatic heterocycles. The lowest BCUT2D eigenvalue weighted by Gasteiger charge is -2.25. The topological polar surface area (TPSA) is 100 Å². The zero-order chi connectivity index (χ0) is 25.4. The standard InChI is InChI=1S/C24H26ClFN8/c1-24(2,3)13-29-20-15(11-27)12-28-22-18(20)9-17(10-19(22)25)30-21(23-31-32-33-34(23)4)14-5-7-16(26)8-6-14/h5-10,12,21,30,32-33H,13H2,1-4H3,(H,28,29)/i21D. The number of hydrazone groups is 1. The van der Waals surface area contributed by atoms with Crippen LogP contribution < -0.4 is 21.7 Å². The van der Waals surface area contributed by atoms with E-state index in [4.69, 9.17) is 11.6 Å². The number of nitrogens with zero attached hydrogens (tertiary/aromatic N) is 4. The molecular formula is C24H26ClFN8. The van der Waals surface area contributed by atoms with Gasteiger partial charge in [0.15, 0.2) is 5.84 Å². The summed E-state index contributed by atoms with van der Waals surface area (Å²) in [6.07, 6.45) is 1.50. The molecule has 0 bridgehead atoms. The largest absolute Gasteiger partial charge is 0.383 e. The molecule has 10 heteroatoms. The molecule has 0 saturated carbocycles. The molecule has 0 fully saturated rings. The third kappa shape index (κ3) is 4.98. The fourth-order valence-corrected chi connectivity index (χ4v) is 3.75. The molecule has 4 N–H and O–H groups in total. The number of aromatic nitrogens is 1. The molecular weight excluding hydrogens is 455 g/mol. The van der Waals surface area contributed by atoms with Crippen LogP contribution in [0.1, 0.15) is 39.3 Å². The lowest BCUT2D eigenvalue weighted by Crippen LogP contribution is -2.41. The number of halogens is 2. The molecule has 0 amide bonds. The van der Waals surface area contributed by atoms with E-state index < -0.39 is 11.8 Å². The highest BCUT2D eigenvalue weighted by Crippen LogP contribution is 2.35. The highest BCUT2D eigenvalue weighted by atomic mass is 35.5. The number of hydrogen-bond acceptors (Lipinski definition) is 8. The third-order valence-electron chi connectivity index (χ3n) is 5.16. The van der Waals surface area contributed by atoms with Crippen molar-refractivity contribution in [3.63, 3.8) is 0 Å². The van der Waals surface area contributed by atoms with Crippen molar-refractivity contribution in [1.82, 2.24) is 21.1 Å². The first-order valence-corrected chi connectivity index (χ1v) is 11.0. The van der Waals surface area contributed by atoms with Crippen LogP contribution >= 0.6 is 11.6 Å². The van der Waals surface area contributed by atoms with E-state index in [9.17, 15) is 11.0 Å². The van der Waals surface area contributed by atoms with Gasteiger partial charge in [0.1, 0.15) is 17.9 Å². The maximum atomic E-state index is 13.7. The van der Waals surface area contributed by atoms with Crippen molar-refractivity contribution >= 4 is 39.7 Å². The van der Waals surface area contributed by atoms with Crippen LogP contribution in [-0.4, -0.2) is 29.4 Å². The van der Waals surface area contributed by atoms with Gasteiger partial charge in [0, 0.05) is 30.9 Å². The second-order valence-electron chi connectivity index (χ2n) is 9.15. The maximum absolute atomic E-state index is 13.7. The number of fused-ring (bicyclic) bond motifs is 1. The van der Waals surface area contributed by atoms with Gasteiger partial charge in [-0.3, -0.25) is 9.99 Å². The zero-order valence-electron chi connectivity index (χ0n) is 20.3. The number of hydrazine groups is 2. The van der Waals surface area contributed by atoms with Crippen LogP contribution in [0.3, 0.4) is 0 Å².